The lowest BCUT2D eigenvalue weighted by Gasteiger charge is -2.39. The molecule has 3 heteroatoms. The number of aryl methyl sites for hydroxylation is 2. The standard InChI is InChI=1S/C17H25FN2/c1-10-6-11(2)16(15(18)7-10)17(19)12-8-13-4-5-14(9-12)20(13)3/h6-7,12-14,17H,4-5,8-9,19H2,1-3H3. The maximum absolute atomic E-state index is 14.3. The summed E-state index contributed by atoms with van der Waals surface area (Å²) < 4.78 is 14.3. The summed E-state index contributed by atoms with van der Waals surface area (Å²) in [4.78, 5) is 2.50. The predicted molar refractivity (Wildman–Crippen MR) is 80.1 cm³/mol. The SMILES string of the molecule is Cc1cc(C)c(C(N)C2CC3CCC(C2)N3C)c(F)c1. The Hall–Kier alpha value is -0.930. The number of hydrogen-bond donors (Lipinski definition) is 1. The fourth-order valence-corrected chi connectivity index (χ4v) is 4.33. The highest BCUT2D eigenvalue weighted by Gasteiger charge is 2.41. The quantitative estimate of drug-likeness (QED) is 0.898. The summed E-state index contributed by atoms with van der Waals surface area (Å²) in [6.45, 7) is 3.91. The van der Waals surface area contributed by atoms with Crippen LogP contribution in [0.5, 0.6) is 0 Å². The molecular weight excluding hydrogens is 251 g/mol. The third kappa shape index (κ3) is 2.27. The van der Waals surface area contributed by atoms with Gasteiger partial charge < -0.3 is 10.6 Å². The molecule has 0 aromatic heterocycles. The van der Waals surface area contributed by atoms with Gasteiger partial charge >= 0.3 is 0 Å². The van der Waals surface area contributed by atoms with Crippen molar-refractivity contribution in [3.8, 4) is 0 Å². The van der Waals surface area contributed by atoms with Gasteiger partial charge in [0.1, 0.15) is 5.82 Å². The Balaban J connectivity index is 1.85. The average molecular weight is 276 g/mol. The number of hydrogen-bond acceptors (Lipinski definition) is 2. The lowest BCUT2D eigenvalue weighted by molar-refractivity contribution is 0.120. The van der Waals surface area contributed by atoms with Gasteiger partial charge in [0.05, 0.1) is 0 Å². The Morgan fingerprint density at radius 3 is 2.35 bits per heavy atom. The van der Waals surface area contributed by atoms with Gasteiger partial charge in [0.15, 0.2) is 0 Å². The minimum atomic E-state index is -0.160. The van der Waals surface area contributed by atoms with E-state index in [2.05, 4.69) is 11.9 Å². The second kappa shape index (κ2) is 5.12. The fraction of sp³-hybridized carbons (Fsp3) is 0.647. The molecule has 2 bridgehead atoms. The lowest BCUT2D eigenvalue weighted by atomic mass is 9.81. The van der Waals surface area contributed by atoms with Crippen molar-refractivity contribution >= 4 is 0 Å². The van der Waals surface area contributed by atoms with E-state index in [0.717, 1.165) is 29.5 Å². The molecule has 1 aromatic carbocycles. The molecule has 0 amide bonds. The molecule has 0 aliphatic carbocycles. The first-order chi connectivity index (χ1) is 9.47. The average Bonchev–Trinajstić information content (AvgIpc) is 2.61. The van der Waals surface area contributed by atoms with Crippen molar-refractivity contribution in [3.63, 3.8) is 0 Å². The van der Waals surface area contributed by atoms with Crippen LogP contribution in [0, 0.1) is 25.6 Å². The minimum absolute atomic E-state index is 0.124. The Kier molecular flexibility index (Phi) is 3.59. The van der Waals surface area contributed by atoms with E-state index >= 15 is 0 Å². The van der Waals surface area contributed by atoms with Crippen molar-refractivity contribution in [1.82, 2.24) is 4.90 Å². The van der Waals surface area contributed by atoms with E-state index in [0.29, 0.717) is 18.0 Å². The molecule has 20 heavy (non-hydrogen) atoms. The molecule has 1 aromatic rings. The molecule has 3 unspecified atom stereocenters. The molecule has 2 saturated heterocycles. The van der Waals surface area contributed by atoms with Crippen LogP contribution < -0.4 is 5.73 Å². The maximum Gasteiger partial charge on any atom is 0.128 e. The van der Waals surface area contributed by atoms with Gasteiger partial charge in [0, 0.05) is 23.7 Å². The van der Waals surface area contributed by atoms with E-state index in [9.17, 15) is 4.39 Å². The third-order valence-electron chi connectivity index (χ3n) is 5.46. The van der Waals surface area contributed by atoms with E-state index < -0.39 is 0 Å². The monoisotopic (exact) mass is 276 g/mol. The summed E-state index contributed by atoms with van der Waals surface area (Å²) in [6.07, 6.45) is 4.78. The zero-order valence-electron chi connectivity index (χ0n) is 12.7. The first-order valence-electron chi connectivity index (χ1n) is 7.71. The molecule has 2 nitrogen and oxygen atoms in total. The normalized spacial score (nSPS) is 31.6. The molecule has 0 radical (unpaired) electrons. The van der Waals surface area contributed by atoms with E-state index in [1.54, 1.807) is 6.07 Å². The first kappa shape index (κ1) is 14.0. The summed E-state index contributed by atoms with van der Waals surface area (Å²) in [5.74, 6) is 0.292. The van der Waals surface area contributed by atoms with Crippen LogP contribution in [0.2, 0.25) is 0 Å². The molecule has 2 N–H and O–H groups in total. The molecular formula is C17H25FN2. The molecule has 2 aliphatic rings. The molecule has 2 fully saturated rings. The number of piperidine rings is 1. The number of nitrogens with two attached hydrogens (primary N) is 1. The van der Waals surface area contributed by atoms with Crippen molar-refractivity contribution in [3.05, 3.63) is 34.6 Å². The zero-order chi connectivity index (χ0) is 14.4. The van der Waals surface area contributed by atoms with E-state index in [-0.39, 0.29) is 11.9 Å². The summed E-state index contributed by atoms with van der Waals surface area (Å²) >= 11 is 0. The van der Waals surface area contributed by atoms with Gasteiger partial charge in [-0.25, -0.2) is 4.39 Å². The van der Waals surface area contributed by atoms with Crippen LogP contribution in [0.3, 0.4) is 0 Å². The van der Waals surface area contributed by atoms with Crippen LogP contribution in [-0.4, -0.2) is 24.0 Å². The highest BCUT2D eigenvalue weighted by Crippen LogP contribution is 2.42. The zero-order valence-corrected chi connectivity index (χ0v) is 12.7. The Labute approximate surface area is 121 Å². The van der Waals surface area contributed by atoms with Crippen LogP contribution in [0.1, 0.15) is 48.4 Å². The predicted octanol–water partition coefficient (Wildman–Crippen LogP) is 3.32. The van der Waals surface area contributed by atoms with Crippen LogP contribution in [-0.2, 0) is 0 Å². The topological polar surface area (TPSA) is 29.3 Å². The van der Waals surface area contributed by atoms with Gasteiger partial charge in [-0.05, 0) is 69.7 Å². The van der Waals surface area contributed by atoms with Gasteiger partial charge in [-0.1, -0.05) is 6.07 Å². The summed E-state index contributed by atoms with van der Waals surface area (Å²) in [5.41, 5.74) is 9.17. The van der Waals surface area contributed by atoms with Gasteiger partial charge in [-0.2, -0.15) is 0 Å². The van der Waals surface area contributed by atoms with Crippen molar-refractivity contribution < 1.29 is 4.39 Å². The van der Waals surface area contributed by atoms with Crippen molar-refractivity contribution in [2.75, 3.05) is 7.05 Å². The van der Waals surface area contributed by atoms with E-state index in [1.807, 2.05) is 19.9 Å². The summed E-state index contributed by atoms with van der Waals surface area (Å²) in [5, 5.41) is 0. The Morgan fingerprint density at radius 1 is 1.20 bits per heavy atom. The van der Waals surface area contributed by atoms with Gasteiger partial charge in [0.2, 0.25) is 0 Å². The first-order valence-corrected chi connectivity index (χ1v) is 7.71. The molecule has 0 saturated carbocycles. The highest BCUT2D eigenvalue weighted by molar-refractivity contribution is 5.34. The number of nitrogens with zero attached hydrogens (tertiary/aromatic N) is 1. The van der Waals surface area contributed by atoms with Crippen molar-refractivity contribution in [1.29, 1.82) is 0 Å². The second-order valence-corrected chi connectivity index (χ2v) is 6.79. The van der Waals surface area contributed by atoms with Crippen molar-refractivity contribution in [2.45, 2.75) is 57.7 Å². The number of fused-ring (bicyclic) bond motifs is 2. The van der Waals surface area contributed by atoms with Crippen LogP contribution in [0.4, 0.5) is 4.39 Å². The largest absolute Gasteiger partial charge is 0.324 e. The van der Waals surface area contributed by atoms with Gasteiger partial charge in [-0.15, -0.1) is 0 Å². The number of halogens is 1. The molecule has 2 heterocycles. The van der Waals surface area contributed by atoms with E-state index in [4.69, 9.17) is 5.73 Å². The fourth-order valence-electron chi connectivity index (χ4n) is 4.33. The molecule has 2 aliphatic heterocycles. The second-order valence-electron chi connectivity index (χ2n) is 6.79. The smallest absolute Gasteiger partial charge is 0.128 e. The molecule has 3 rings (SSSR count). The van der Waals surface area contributed by atoms with Gasteiger partial charge in [0.25, 0.3) is 0 Å². The molecule has 110 valence electrons. The lowest BCUT2D eigenvalue weighted by Crippen LogP contribution is -2.43. The Bertz CT molecular complexity index is 477. The van der Waals surface area contributed by atoms with Crippen LogP contribution in [0.15, 0.2) is 12.1 Å². The van der Waals surface area contributed by atoms with Crippen LogP contribution >= 0.6 is 0 Å². The summed E-state index contributed by atoms with van der Waals surface area (Å²) in [6, 6.07) is 4.80. The third-order valence-corrected chi connectivity index (χ3v) is 5.46. The van der Waals surface area contributed by atoms with E-state index in [1.165, 1.54) is 12.8 Å². The minimum Gasteiger partial charge on any atom is -0.324 e. The van der Waals surface area contributed by atoms with Crippen molar-refractivity contribution in [2.24, 2.45) is 11.7 Å². The molecule has 3 atom stereocenters. The number of benzene rings is 1. The number of rotatable bonds is 2. The Morgan fingerprint density at radius 2 is 1.80 bits per heavy atom. The van der Waals surface area contributed by atoms with Gasteiger partial charge in [-0.3, -0.25) is 0 Å². The maximum atomic E-state index is 14.3. The summed E-state index contributed by atoms with van der Waals surface area (Å²) in [7, 11) is 2.22. The molecule has 0 spiro atoms. The van der Waals surface area contributed by atoms with Crippen LogP contribution in [0.25, 0.3) is 0 Å². The highest BCUT2D eigenvalue weighted by atomic mass is 19.1.